The summed E-state index contributed by atoms with van der Waals surface area (Å²) < 4.78 is 1.58. The van der Waals surface area contributed by atoms with E-state index in [1.807, 2.05) is 24.3 Å². The van der Waals surface area contributed by atoms with Gasteiger partial charge in [0.1, 0.15) is 5.69 Å². The van der Waals surface area contributed by atoms with Crippen LogP contribution in [0, 0.1) is 0 Å². The molecule has 0 saturated heterocycles. The summed E-state index contributed by atoms with van der Waals surface area (Å²) in [6, 6.07) is 7.70. The van der Waals surface area contributed by atoms with Crippen molar-refractivity contribution in [1.29, 1.82) is 0 Å². The molecule has 1 aromatic rings. The largest absolute Gasteiger partial charge is 0.284 e. The van der Waals surface area contributed by atoms with Crippen molar-refractivity contribution in [2.24, 2.45) is 11.5 Å². The van der Waals surface area contributed by atoms with Crippen LogP contribution in [0.25, 0.3) is 22.4 Å². The Morgan fingerprint density at radius 3 is 2.89 bits per heavy atom. The van der Waals surface area contributed by atoms with Crippen LogP contribution >= 0.6 is 0 Å². The van der Waals surface area contributed by atoms with Crippen molar-refractivity contribution in [1.82, 2.24) is 25.3 Å². The molecule has 0 radical (unpaired) electrons. The first-order chi connectivity index (χ1) is 9.14. The lowest BCUT2D eigenvalue weighted by atomic mass is 10.2. The number of aromatic nitrogens is 4. The number of rotatable bonds is 0. The summed E-state index contributed by atoms with van der Waals surface area (Å²) >= 11 is 0. The molecule has 0 bridgehead atoms. The SMILES string of the molecule is NC1(N)NNc2nnc3c4ccccc4nc-3n2N1. The molecule has 3 heterocycles. The summed E-state index contributed by atoms with van der Waals surface area (Å²) in [7, 11) is 0. The number of para-hydroxylation sites is 1. The normalized spacial score (nSPS) is 16.9. The Kier molecular flexibility index (Phi) is 1.81. The van der Waals surface area contributed by atoms with Crippen molar-refractivity contribution in [3.05, 3.63) is 24.3 Å². The summed E-state index contributed by atoms with van der Waals surface area (Å²) in [6.07, 6.45) is 0. The zero-order valence-electron chi connectivity index (χ0n) is 9.75. The monoisotopic (exact) mass is 257 g/mol. The Hall–Kier alpha value is -2.49. The van der Waals surface area contributed by atoms with Crippen molar-refractivity contribution in [2.75, 3.05) is 10.9 Å². The molecular weight excluding hydrogens is 246 g/mol. The van der Waals surface area contributed by atoms with Crippen LogP contribution in [-0.4, -0.2) is 25.8 Å². The molecule has 3 aliphatic heterocycles. The van der Waals surface area contributed by atoms with E-state index in [4.69, 9.17) is 11.5 Å². The van der Waals surface area contributed by atoms with E-state index in [2.05, 4.69) is 31.5 Å². The molecule has 0 unspecified atom stereocenters. The topological polar surface area (TPSA) is 132 Å². The molecule has 0 atom stereocenters. The third-order valence-corrected chi connectivity index (χ3v) is 2.94. The molecule has 96 valence electrons. The molecule has 0 amide bonds. The van der Waals surface area contributed by atoms with E-state index < -0.39 is 5.91 Å². The van der Waals surface area contributed by atoms with Crippen LogP contribution in [0.2, 0.25) is 0 Å². The van der Waals surface area contributed by atoms with Crippen molar-refractivity contribution in [2.45, 2.75) is 5.91 Å². The lowest BCUT2D eigenvalue weighted by Gasteiger charge is -2.35. The number of hydrazine groups is 1. The Labute approximate surface area is 107 Å². The molecule has 0 aromatic heterocycles. The predicted octanol–water partition coefficient (Wildman–Crippen LogP) is -1.07. The predicted molar refractivity (Wildman–Crippen MR) is 69.2 cm³/mol. The van der Waals surface area contributed by atoms with Gasteiger partial charge in [-0.2, -0.15) is 5.43 Å². The number of hydrogen-bond donors (Lipinski definition) is 5. The number of nitrogens with zero attached hydrogens (tertiary/aromatic N) is 4. The molecule has 0 saturated carbocycles. The number of nitrogens with one attached hydrogen (secondary N) is 3. The highest BCUT2D eigenvalue weighted by atomic mass is 15.7. The number of fused-ring (bicyclic) bond motifs is 5. The highest BCUT2D eigenvalue weighted by Gasteiger charge is 2.29. The minimum Gasteiger partial charge on any atom is -0.284 e. The maximum Gasteiger partial charge on any atom is 0.258 e. The van der Waals surface area contributed by atoms with Crippen LogP contribution in [0.3, 0.4) is 0 Å². The first-order valence-corrected chi connectivity index (χ1v) is 5.67. The van der Waals surface area contributed by atoms with Crippen LogP contribution in [0.4, 0.5) is 5.95 Å². The van der Waals surface area contributed by atoms with Crippen molar-refractivity contribution in [3.63, 3.8) is 0 Å². The van der Waals surface area contributed by atoms with E-state index >= 15 is 0 Å². The number of nitrogens with two attached hydrogens (primary N) is 2. The van der Waals surface area contributed by atoms with Gasteiger partial charge in [-0.05, 0) is 6.07 Å². The molecule has 4 rings (SSSR count). The fraction of sp³-hybridized carbons (Fsp3) is 0.100. The standard InChI is InChI=1S/C10H11N9/c11-10(12)17-16-9-15-14-7-5-3-1-2-4-6(5)13-8(7)19(9)18-10/h1-4,17-18H,11-12H2,(H,15,16). The van der Waals surface area contributed by atoms with Crippen LogP contribution in [0.1, 0.15) is 0 Å². The van der Waals surface area contributed by atoms with Gasteiger partial charge in [0.2, 0.25) is 5.91 Å². The summed E-state index contributed by atoms with van der Waals surface area (Å²) in [5.74, 6) is -0.263. The first-order valence-electron chi connectivity index (χ1n) is 5.67. The third kappa shape index (κ3) is 1.43. The van der Waals surface area contributed by atoms with Gasteiger partial charge in [-0.3, -0.25) is 22.3 Å². The van der Waals surface area contributed by atoms with E-state index in [0.717, 1.165) is 10.9 Å². The highest BCUT2D eigenvalue weighted by Crippen LogP contribution is 2.29. The number of benzene rings is 1. The Morgan fingerprint density at radius 2 is 2.00 bits per heavy atom. The second-order valence-electron chi connectivity index (χ2n) is 4.39. The Bertz CT molecular complexity index is 746. The van der Waals surface area contributed by atoms with E-state index in [1.54, 1.807) is 4.68 Å². The number of hydrogen-bond acceptors (Lipinski definition) is 8. The van der Waals surface area contributed by atoms with Crippen LogP contribution in [-0.2, 0) is 0 Å². The lowest BCUT2D eigenvalue weighted by Crippen LogP contribution is -2.73. The second kappa shape index (κ2) is 3.29. The average Bonchev–Trinajstić information content (AvgIpc) is 2.77. The molecule has 3 aliphatic rings. The van der Waals surface area contributed by atoms with Gasteiger partial charge in [0.25, 0.3) is 5.95 Å². The minimum atomic E-state index is -1.31. The van der Waals surface area contributed by atoms with Gasteiger partial charge in [0.05, 0.1) is 5.52 Å². The number of anilines is 1. The van der Waals surface area contributed by atoms with Gasteiger partial charge >= 0.3 is 0 Å². The summed E-state index contributed by atoms with van der Waals surface area (Å²) in [5.41, 5.74) is 21.4. The lowest BCUT2D eigenvalue weighted by molar-refractivity contribution is 0.362. The minimum absolute atomic E-state index is 0.432. The summed E-state index contributed by atoms with van der Waals surface area (Å²) in [4.78, 5) is 4.51. The smallest absolute Gasteiger partial charge is 0.258 e. The van der Waals surface area contributed by atoms with E-state index in [9.17, 15) is 0 Å². The summed E-state index contributed by atoms with van der Waals surface area (Å²) in [6.45, 7) is 0. The Balaban J connectivity index is 2.03. The molecule has 9 heteroatoms. The van der Waals surface area contributed by atoms with Crippen LogP contribution in [0.15, 0.2) is 24.3 Å². The van der Waals surface area contributed by atoms with E-state index in [1.165, 1.54) is 0 Å². The Morgan fingerprint density at radius 1 is 1.16 bits per heavy atom. The molecule has 0 fully saturated rings. The van der Waals surface area contributed by atoms with Crippen molar-refractivity contribution < 1.29 is 0 Å². The second-order valence-corrected chi connectivity index (χ2v) is 4.39. The molecule has 19 heavy (non-hydrogen) atoms. The molecule has 0 aliphatic carbocycles. The molecule has 1 aromatic carbocycles. The summed E-state index contributed by atoms with van der Waals surface area (Å²) in [5, 5.41) is 9.16. The molecule has 9 nitrogen and oxygen atoms in total. The average molecular weight is 257 g/mol. The van der Waals surface area contributed by atoms with E-state index in [-0.39, 0.29) is 0 Å². The fourth-order valence-corrected chi connectivity index (χ4v) is 2.11. The quantitative estimate of drug-likeness (QED) is 0.322. The van der Waals surface area contributed by atoms with Crippen LogP contribution in [0.5, 0.6) is 0 Å². The van der Waals surface area contributed by atoms with Gasteiger partial charge in [0.15, 0.2) is 5.82 Å². The van der Waals surface area contributed by atoms with Gasteiger partial charge in [-0.1, -0.05) is 18.2 Å². The van der Waals surface area contributed by atoms with Gasteiger partial charge in [0, 0.05) is 5.39 Å². The van der Waals surface area contributed by atoms with Gasteiger partial charge < -0.3 is 0 Å². The third-order valence-electron chi connectivity index (χ3n) is 2.94. The fourth-order valence-electron chi connectivity index (χ4n) is 2.11. The van der Waals surface area contributed by atoms with Gasteiger partial charge in [-0.15, -0.1) is 10.2 Å². The van der Waals surface area contributed by atoms with Gasteiger partial charge in [-0.25, -0.2) is 9.66 Å². The van der Waals surface area contributed by atoms with Crippen molar-refractivity contribution in [3.8, 4) is 11.5 Å². The molecule has 0 spiro atoms. The zero-order chi connectivity index (χ0) is 13.0. The van der Waals surface area contributed by atoms with Crippen LogP contribution < -0.4 is 27.7 Å². The van der Waals surface area contributed by atoms with Crippen molar-refractivity contribution >= 4 is 16.9 Å². The molecular formula is C10H11N9. The first kappa shape index (κ1) is 10.4. The maximum absolute atomic E-state index is 5.77. The maximum atomic E-state index is 5.77. The molecule has 7 N–H and O–H groups in total. The highest BCUT2D eigenvalue weighted by molar-refractivity contribution is 5.94. The zero-order valence-corrected chi connectivity index (χ0v) is 9.75. The van der Waals surface area contributed by atoms with E-state index in [0.29, 0.717) is 17.5 Å².